The van der Waals surface area contributed by atoms with Gasteiger partial charge in [0.1, 0.15) is 24.7 Å². The Bertz CT molecular complexity index is 2530. The smallest absolute Gasteiger partial charge is 0.135 e. The molecule has 0 N–H and O–H groups in total. The molecule has 0 aromatic heterocycles. The summed E-state index contributed by atoms with van der Waals surface area (Å²) in [7, 11) is -3.22. The van der Waals surface area contributed by atoms with Gasteiger partial charge in [-0.1, -0.05) is 158 Å². The van der Waals surface area contributed by atoms with Crippen LogP contribution in [-0.4, -0.2) is 82.2 Å². The molecular weight excluding hydrogens is 945 g/mol. The van der Waals surface area contributed by atoms with Gasteiger partial charge in [-0.15, -0.1) is 39.5 Å². The van der Waals surface area contributed by atoms with Gasteiger partial charge in [-0.05, 0) is 105 Å². The normalized spacial score (nSPS) is 14.4. The van der Waals surface area contributed by atoms with E-state index in [1.807, 2.05) is 0 Å². The summed E-state index contributed by atoms with van der Waals surface area (Å²) in [6.07, 6.45) is 16.9. The fourth-order valence-electron chi connectivity index (χ4n) is 11.0. The van der Waals surface area contributed by atoms with Crippen LogP contribution >= 0.6 is 0 Å². The maximum Gasteiger partial charge on any atom is 0.135 e. The van der Waals surface area contributed by atoms with E-state index in [1.54, 1.807) is 0 Å². The largest absolute Gasteiger partial charge is 0.490 e. The summed E-state index contributed by atoms with van der Waals surface area (Å²) in [4.78, 5) is 0. The van der Waals surface area contributed by atoms with Crippen molar-refractivity contribution in [2.45, 2.75) is 74.0 Å². The second-order valence-corrected chi connectivity index (χ2v) is 29.4. The summed E-state index contributed by atoms with van der Waals surface area (Å²) in [5.74, 6) is 1.58. The maximum atomic E-state index is 7.14. The van der Waals surface area contributed by atoms with Crippen LogP contribution in [0.1, 0.15) is 24.0 Å². The van der Waals surface area contributed by atoms with Crippen LogP contribution in [0, 0.1) is 0 Å². The minimum Gasteiger partial charge on any atom is -0.490 e. The zero-order valence-corrected chi connectivity index (χ0v) is 46.1. The standard InChI is InChI=1S/C66H80O6Si2/c1-7-43-73(44-8-2,45-9-3)49-17-19-53-25-29-55(30-26-53)61-51-57-21-13-15-23-59(57)63-64-60-24-16-14-22-58(60)52-62(56-31-27-54(28-32-56)20-18-50-74(46-10-4,47-11-5)48-12-6)66(64)72-42-40-70-38-36-68-34-33-67-35-37-69-39-41-71-65(61)63/h7-16,21-32,51-52H,1-6,17-20,33-50H2. The summed E-state index contributed by atoms with van der Waals surface area (Å²) < 4.78 is 38.1. The summed E-state index contributed by atoms with van der Waals surface area (Å²) in [6.45, 7) is 29.0. The molecule has 1 aliphatic rings. The lowest BCUT2D eigenvalue weighted by molar-refractivity contribution is -0.00701. The Hall–Kier alpha value is -5.85. The van der Waals surface area contributed by atoms with E-state index < -0.39 is 16.1 Å². The number of hydrogen-bond donors (Lipinski definition) is 0. The van der Waals surface area contributed by atoms with Gasteiger partial charge in [0.15, 0.2) is 0 Å². The van der Waals surface area contributed by atoms with Gasteiger partial charge >= 0.3 is 0 Å². The fraction of sp³-hybridized carbons (Fsp3) is 0.333. The molecule has 0 fully saturated rings. The number of hydrogen-bond acceptors (Lipinski definition) is 6. The minimum absolute atomic E-state index is 0.340. The monoisotopic (exact) mass is 1020 g/mol. The lowest BCUT2D eigenvalue weighted by Crippen LogP contribution is -2.32. The molecule has 6 aromatic carbocycles. The summed E-state index contributed by atoms with van der Waals surface area (Å²) in [6, 6.07) is 49.1. The van der Waals surface area contributed by atoms with E-state index in [4.69, 9.17) is 28.4 Å². The van der Waals surface area contributed by atoms with Crippen molar-refractivity contribution < 1.29 is 28.4 Å². The Morgan fingerprint density at radius 1 is 0.378 bits per heavy atom. The van der Waals surface area contributed by atoms with Gasteiger partial charge in [-0.25, -0.2) is 0 Å². The molecule has 6 nitrogen and oxygen atoms in total. The molecule has 0 amide bonds. The molecule has 1 heterocycles. The summed E-state index contributed by atoms with van der Waals surface area (Å²) in [5, 5.41) is 4.37. The van der Waals surface area contributed by atoms with E-state index in [2.05, 4.69) is 185 Å². The number of fused-ring (bicyclic) bond motifs is 7. The van der Waals surface area contributed by atoms with Gasteiger partial charge in [0.25, 0.3) is 0 Å². The second kappa shape index (κ2) is 29.3. The van der Waals surface area contributed by atoms with Crippen LogP contribution in [0.5, 0.6) is 11.5 Å². The molecule has 74 heavy (non-hydrogen) atoms. The Labute approximate surface area is 445 Å². The Morgan fingerprint density at radius 3 is 1.01 bits per heavy atom. The third-order valence-corrected chi connectivity index (χ3v) is 24.4. The van der Waals surface area contributed by atoms with Crippen LogP contribution in [0.3, 0.4) is 0 Å². The van der Waals surface area contributed by atoms with Gasteiger partial charge in [0.05, 0.1) is 69.0 Å². The average Bonchev–Trinajstić information content (AvgIpc) is 3.42. The Balaban J connectivity index is 1.34. The van der Waals surface area contributed by atoms with E-state index >= 15 is 0 Å². The predicted molar refractivity (Wildman–Crippen MR) is 320 cm³/mol. The lowest BCUT2D eigenvalue weighted by atomic mass is 9.86. The van der Waals surface area contributed by atoms with Crippen LogP contribution in [0.4, 0.5) is 0 Å². The molecule has 388 valence electrons. The van der Waals surface area contributed by atoms with Crippen molar-refractivity contribution in [1.82, 2.24) is 0 Å². The first kappa shape index (κ1) is 55.9. The number of benzene rings is 6. The molecule has 0 unspecified atom stereocenters. The van der Waals surface area contributed by atoms with Crippen LogP contribution in [0.15, 0.2) is 185 Å². The quantitative estimate of drug-likeness (QED) is 0.0499. The van der Waals surface area contributed by atoms with E-state index in [1.165, 1.54) is 23.2 Å². The highest BCUT2D eigenvalue weighted by Crippen LogP contribution is 2.52. The first-order valence-corrected chi connectivity index (χ1v) is 32.6. The van der Waals surface area contributed by atoms with Crippen molar-refractivity contribution in [3.8, 4) is 44.9 Å². The number of aryl methyl sites for hydroxylation is 2. The Kier molecular flexibility index (Phi) is 22.1. The zero-order valence-electron chi connectivity index (χ0n) is 44.1. The molecule has 0 bridgehead atoms. The van der Waals surface area contributed by atoms with Crippen LogP contribution < -0.4 is 9.47 Å². The van der Waals surface area contributed by atoms with Crippen LogP contribution in [0.25, 0.3) is 54.9 Å². The van der Waals surface area contributed by atoms with E-state index in [0.717, 1.165) is 128 Å². The minimum atomic E-state index is -1.61. The van der Waals surface area contributed by atoms with Crippen molar-refractivity contribution in [3.63, 3.8) is 0 Å². The first-order chi connectivity index (χ1) is 36.4. The average molecular weight is 1030 g/mol. The van der Waals surface area contributed by atoms with Crippen molar-refractivity contribution >= 4 is 37.7 Å². The molecule has 1 aliphatic heterocycles. The molecule has 0 aliphatic carbocycles. The van der Waals surface area contributed by atoms with Gasteiger partial charge in [0.2, 0.25) is 0 Å². The topological polar surface area (TPSA) is 55.4 Å². The molecule has 8 heteroatoms. The summed E-state index contributed by atoms with van der Waals surface area (Å²) in [5.41, 5.74) is 8.81. The third-order valence-electron chi connectivity index (χ3n) is 14.7. The molecule has 0 saturated heterocycles. The van der Waals surface area contributed by atoms with Crippen LogP contribution in [0.2, 0.25) is 48.4 Å². The molecule has 0 saturated carbocycles. The third kappa shape index (κ3) is 14.9. The van der Waals surface area contributed by atoms with Crippen molar-refractivity contribution in [1.29, 1.82) is 0 Å². The van der Waals surface area contributed by atoms with Gasteiger partial charge < -0.3 is 28.4 Å². The molecule has 0 radical (unpaired) electrons. The fourth-order valence-corrected chi connectivity index (χ4v) is 18.8. The highest BCUT2D eigenvalue weighted by Gasteiger charge is 2.30. The van der Waals surface area contributed by atoms with E-state index in [-0.39, 0.29) is 0 Å². The highest BCUT2D eigenvalue weighted by atomic mass is 28.3. The lowest BCUT2D eigenvalue weighted by Gasteiger charge is -2.28. The van der Waals surface area contributed by atoms with Gasteiger partial charge in [0, 0.05) is 22.3 Å². The number of ether oxygens (including phenoxy) is 6. The van der Waals surface area contributed by atoms with Crippen molar-refractivity contribution in [3.05, 3.63) is 196 Å². The van der Waals surface area contributed by atoms with Crippen molar-refractivity contribution in [2.75, 3.05) is 66.1 Å². The van der Waals surface area contributed by atoms with Gasteiger partial charge in [-0.3, -0.25) is 0 Å². The SMILES string of the molecule is C=CC[Si](CC=C)(CC=C)CCCc1ccc(-c2cc3ccccc3c3c2OCCOCCOCCOCCOCCOc2c(-c4ccc(CCC[Si](CC=C)(CC=C)CC=C)cc4)cc4ccccc4c2-3)cc1. The second-order valence-electron chi connectivity index (χ2n) is 19.9. The molecule has 7 rings (SSSR count). The molecule has 6 aromatic rings. The van der Waals surface area contributed by atoms with E-state index in [0.29, 0.717) is 66.1 Å². The van der Waals surface area contributed by atoms with E-state index in [9.17, 15) is 0 Å². The number of rotatable bonds is 22. The summed E-state index contributed by atoms with van der Waals surface area (Å²) >= 11 is 0. The highest BCUT2D eigenvalue weighted by molar-refractivity contribution is 6.81. The zero-order chi connectivity index (χ0) is 51.9. The first-order valence-electron chi connectivity index (χ1n) is 26.9. The van der Waals surface area contributed by atoms with Gasteiger partial charge in [-0.2, -0.15) is 0 Å². The molecule has 0 spiro atoms. The predicted octanol–water partition coefficient (Wildman–Crippen LogP) is 16.7. The van der Waals surface area contributed by atoms with Crippen molar-refractivity contribution in [2.24, 2.45) is 0 Å². The molecular formula is C66H80O6Si2. The number of allylic oxidation sites excluding steroid dienone is 6. The Morgan fingerprint density at radius 2 is 0.689 bits per heavy atom. The maximum absolute atomic E-state index is 7.14. The molecule has 0 atom stereocenters. The van der Waals surface area contributed by atoms with Crippen LogP contribution in [-0.2, 0) is 31.8 Å².